The van der Waals surface area contributed by atoms with E-state index in [4.69, 9.17) is 4.74 Å². The van der Waals surface area contributed by atoms with Crippen LogP contribution < -0.4 is 10.1 Å². The summed E-state index contributed by atoms with van der Waals surface area (Å²) in [5, 5.41) is 2.95. The van der Waals surface area contributed by atoms with Gasteiger partial charge in [0.25, 0.3) is 5.91 Å². The molecule has 0 aliphatic heterocycles. The van der Waals surface area contributed by atoms with Gasteiger partial charge in [-0.25, -0.2) is 0 Å². The van der Waals surface area contributed by atoms with Gasteiger partial charge in [-0.2, -0.15) is 0 Å². The molecule has 0 atom stereocenters. The van der Waals surface area contributed by atoms with Crippen LogP contribution in [0, 0.1) is 6.92 Å². The first kappa shape index (κ1) is 19.4. The Kier molecular flexibility index (Phi) is 6.22. The zero-order valence-electron chi connectivity index (χ0n) is 16.1. The van der Waals surface area contributed by atoms with E-state index in [1.807, 2.05) is 37.3 Å². The molecule has 0 spiro atoms. The summed E-state index contributed by atoms with van der Waals surface area (Å²) in [6, 6.07) is 23.1. The van der Waals surface area contributed by atoms with Gasteiger partial charge in [0, 0.05) is 12.6 Å². The lowest BCUT2D eigenvalue weighted by Crippen LogP contribution is -2.15. The van der Waals surface area contributed by atoms with Crippen LogP contribution in [0.15, 0.2) is 72.8 Å². The topological polar surface area (TPSA) is 55.4 Å². The number of hydrogen-bond donors (Lipinski definition) is 1. The average molecular weight is 373 g/mol. The van der Waals surface area contributed by atoms with E-state index in [0.717, 1.165) is 29.7 Å². The van der Waals surface area contributed by atoms with Crippen molar-refractivity contribution in [3.63, 3.8) is 0 Å². The summed E-state index contributed by atoms with van der Waals surface area (Å²) in [4.78, 5) is 24.0. The van der Waals surface area contributed by atoms with Gasteiger partial charge in [-0.05, 0) is 54.7 Å². The molecule has 142 valence electrons. The summed E-state index contributed by atoms with van der Waals surface area (Å²) in [5.41, 5.74) is 4.49. The van der Waals surface area contributed by atoms with Crippen LogP contribution >= 0.6 is 0 Å². The quantitative estimate of drug-likeness (QED) is 0.491. The zero-order chi connectivity index (χ0) is 19.9. The molecule has 1 N–H and O–H groups in total. The van der Waals surface area contributed by atoms with E-state index in [9.17, 15) is 9.59 Å². The molecule has 0 fully saturated rings. The lowest BCUT2D eigenvalue weighted by Gasteiger charge is -2.13. The predicted molar refractivity (Wildman–Crippen MR) is 111 cm³/mol. The number of carbonyl (C=O) groups is 2. The summed E-state index contributed by atoms with van der Waals surface area (Å²) in [6.07, 6.45) is 1.82. The molecule has 0 saturated carbocycles. The molecular weight excluding hydrogens is 350 g/mol. The molecule has 0 saturated heterocycles. The molecule has 0 unspecified atom stereocenters. The number of nitrogens with one attached hydrogen (secondary N) is 1. The predicted octanol–water partition coefficient (Wildman–Crippen LogP) is 4.96. The Morgan fingerprint density at radius 2 is 1.54 bits per heavy atom. The van der Waals surface area contributed by atoms with Gasteiger partial charge in [0.1, 0.15) is 5.75 Å². The smallest absolute Gasteiger partial charge is 0.308 e. The number of rotatable bonds is 6. The van der Waals surface area contributed by atoms with E-state index in [2.05, 4.69) is 23.5 Å². The van der Waals surface area contributed by atoms with Crippen LogP contribution in [0.25, 0.3) is 0 Å². The fraction of sp³-hybridized carbons (Fsp3) is 0.167. The highest BCUT2D eigenvalue weighted by Crippen LogP contribution is 2.23. The summed E-state index contributed by atoms with van der Waals surface area (Å²) in [7, 11) is 0. The van der Waals surface area contributed by atoms with Crippen LogP contribution in [0.2, 0.25) is 0 Å². The second-order valence-corrected chi connectivity index (χ2v) is 6.68. The third-order valence-corrected chi connectivity index (χ3v) is 4.48. The van der Waals surface area contributed by atoms with Crippen LogP contribution in [0.1, 0.15) is 34.0 Å². The Morgan fingerprint density at radius 1 is 0.857 bits per heavy atom. The molecule has 0 heterocycles. The number of para-hydroxylation sites is 1. The maximum absolute atomic E-state index is 12.8. The minimum absolute atomic E-state index is 0.255. The Bertz CT molecular complexity index is 980. The number of esters is 1. The number of hydrogen-bond acceptors (Lipinski definition) is 3. The van der Waals surface area contributed by atoms with Gasteiger partial charge in [0.2, 0.25) is 0 Å². The van der Waals surface area contributed by atoms with Gasteiger partial charge in [-0.15, -0.1) is 0 Å². The number of amides is 1. The first-order valence-electron chi connectivity index (χ1n) is 9.25. The Labute approximate surface area is 165 Å². The van der Waals surface area contributed by atoms with E-state index in [1.165, 1.54) is 12.5 Å². The van der Waals surface area contributed by atoms with E-state index < -0.39 is 5.97 Å². The maximum atomic E-state index is 12.8. The second kappa shape index (κ2) is 9.00. The first-order chi connectivity index (χ1) is 13.5. The highest BCUT2D eigenvalue weighted by Gasteiger charge is 2.15. The number of benzene rings is 3. The van der Waals surface area contributed by atoms with Crippen molar-refractivity contribution in [2.45, 2.75) is 26.7 Å². The fourth-order valence-corrected chi connectivity index (χ4v) is 2.98. The van der Waals surface area contributed by atoms with Crippen LogP contribution in [0.3, 0.4) is 0 Å². The molecule has 0 radical (unpaired) electrons. The highest BCUT2D eigenvalue weighted by molar-refractivity contribution is 6.06. The largest absolute Gasteiger partial charge is 0.426 e. The van der Waals surface area contributed by atoms with E-state index in [1.54, 1.807) is 24.3 Å². The monoisotopic (exact) mass is 373 g/mol. The standard InChI is InChI=1S/C24H23NO3/c1-17-12-13-20(15-14-19-8-4-3-5-9-19)16-22(17)25-24(27)21-10-6-7-11-23(21)28-18(2)26/h3-13,16H,14-15H2,1-2H3,(H,25,27). The molecule has 0 aliphatic carbocycles. The second-order valence-electron chi connectivity index (χ2n) is 6.68. The molecule has 1 amide bonds. The number of aryl methyl sites for hydroxylation is 3. The maximum Gasteiger partial charge on any atom is 0.308 e. The van der Waals surface area contributed by atoms with Gasteiger partial charge in [0.05, 0.1) is 5.56 Å². The van der Waals surface area contributed by atoms with Gasteiger partial charge < -0.3 is 10.1 Å². The van der Waals surface area contributed by atoms with Gasteiger partial charge in [-0.1, -0.05) is 54.6 Å². The van der Waals surface area contributed by atoms with Crippen molar-refractivity contribution in [1.82, 2.24) is 0 Å². The van der Waals surface area contributed by atoms with Crippen molar-refractivity contribution >= 4 is 17.6 Å². The first-order valence-corrected chi connectivity index (χ1v) is 9.25. The van der Waals surface area contributed by atoms with Crippen molar-refractivity contribution in [3.8, 4) is 5.75 Å². The molecule has 3 aromatic carbocycles. The number of anilines is 1. The number of ether oxygens (including phenoxy) is 1. The Hall–Kier alpha value is -3.40. The third-order valence-electron chi connectivity index (χ3n) is 4.48. The highest BCUT2D eigenvalue weighted by atomic mass is 16.5. The van der Waals surface area contributed by atoms with Crippen molar-refractivity contribution < 1.29 is 14.3 Å². The molecule has 0 aromatic heterocycles. The molecule has 0 bridgehead atoms. The number of carbonyl (C=O) groups excluding carboxylic acids is 2. The summed E-state index contributed by atoms with van der Waals surface area (Å²) in [5.74, 6) is -0.509. The molecule has 4 heteroatoms. The minimum Gasteiger partial charge on any atom is -0.426 e. The van der Waals surface area contributed by atoms with Gasteiger partial charge >= 0.3 is 5.97 Å². The lowest BCUT2D eigenvalue weighted by atomic mass is 10.0. The zero-order valence-corrected chi connectivity index (χ0v) is 16.1. The van der Waals surface area contributed by atoms with Gasteiger partial charge in [-0.3, -0.25) is 9.59 Å². The van der Waals surface area contributed by atoms with Crippen LogP contribution in [-0.2, 0) is 17.6 Å². The molecule has 28 heavy (non-hydrogen) atoms. The van der Waals surface area contributed by atoms with Gasteiger partial charge in [0.15, 0.2) is 0 Å². The minimum atomic E-state index is -0.459. The van der Waals surface area contributed by atoms with Crippen LogP contribution in [0.4, 0.5) is 5.69 Å². The van der Waals surface area contributed by atoms with Crippen LogP contribution in [-0.4, -0.2) is 11.9 Å². The van der Waals surface area contributed by atoms with Crippen molar-refractivity contribution in [2.75, 3.05) is 5.32 Å². The Morgan fingerprint density at radius 3 is 2.29 bits per heavy atom. The van der Waals surface area contributed by atoms with E-state index in [0.29, 0.717) is 5.56 Å². The fourth-order valence-electron chi connectivity index (χ4n) is 2.98. The van der Waals surface area contributed by atoms with Crippen molar-refractivity contribution in [2.24, 2.45) is 0 Å². The molecule has 3 aromatic rings. The third kappa shape index (κ3) is 5.07. The van der Waals surface area contributed by atoms with E-state index >= 15 is 0 Å². The molecular formula is C24H23NO3. The van der Waals surface area contributed by atoms with Crippen molar-refractivity contribution in [3.05, 3.63) is 95.1 Å². The molecule has 3 rings (SSSR count). The molecule has 0 aliphatic rings. The molecule has 4 nitrogen and oxygen atoms in total. The summed E-state index contributed by atoms with van der Waals surface area (Å²) >= 11 is 0. The SMILES string of the molecule is CC(=O)Oc1ccccc1C(=O)Nc1cc(CCc2ccccc2)ccc1C. The Balaban J connectivity index is 1.75. The normalized spacial score (nSPS) is 10.4. The summed E-state index contributed by atoms with van der Waals surface area (Å²) in [6.45, 7) is 3.27. The van der Waals surface area contributed by atoms with Crippen LogP contribution in [0.5, 0.6) is 5.75 Å². The lowest BCUT2D eigenvalue weighted by molar-refractivity contribution is -0.131. The average Bonchev–Trinajstić information content (AvgIpc) is 2.69. The summed E-state index contributed by atoms with van der Waals surface area (Å²) < 4.78 is 5.15. The van der Waals surface area contributed by atoms with E-state index in [-0.39, 0.29) is 11.7 Å². The van der Waals surface area contributed by atoms with Crippen molar-refractivity contribution in [1.29, 1.82) is 0 Å².